The van der Waals surface area contributed by atoms with Gasteiger partial charge in [0, 0.05) is 18.7 Å². The van der Waals surface area contributed by atoms with E-state index >= 15 is 0 Å². The van der Waals surface area contributed by atoms with Crippen LogP contribution in [-0.2, 0) is 0 Å². The molecule has 0 aromatic carbocycles. The van der Waals surface area contributed by atoms with Crippen molar-refractivity contribution in [2.45, 2.75) is 66.3 Å². The average Bonchev–Trinajstić information content (AvgIpc) is 2.68. The zero-order chi connectivity index (χ0) is 16.3. The Labute approximate surface area is 133 Å². The molecule has 0 bridgehead atoms. The number of hydrogen-bond acceptors (Lipinski definition) is 3. The number of carbonyl (C=O) groups excluding carboxylic acids is 1. The van der Waals surface area contributed by atoms with Gasteiger partial charge in [0.05, 0.1) is 11.7 Å². The SMILES string of the molecule is CCC(NC(=O)N1CCCC(C)(C)CC1)c1c(C)noc1C. The van der Waals surface area contributed by atoms with E-state index in [4.69, 9.17) is 4.52 Å². The topological polar surface area (TPSA) is 58.4 Å². The third-order valence-electron chi connectivity index (χ3n) is 4.77. The van der Waals surface area contributed by atoms with Gasteiger partial charge in [-0.3, -0.25) is 0 Å². The van der Waals surface area contributed by atoms with E-state index in [1.165, 1.54) is 6.42 Å². The standard InChI is InChI=1S/C17H29N3O2/c1-6-14(15-12(2)19-22-13(15)3)18-16(21)20-10-7-8-17(4,5)9-11-20/h14H,6-11H2,1-5H3,(H,18,21). The van der Waals surface area contributed by atoms with E-state index in [2.05, 4.69) is 31.2 Å². The van der Waals surface area contributed by atoms with Gasteiger partial charge in [0.2, 0.25) is 0 Å². The van der Waals surface area contributed by atoms with Crippen molar-refractivity contribution in [3.8, 4) is 0 Å². The molecule has 2 amide bonds. The van der Waals surface area contributed by atoms with Crippen molar-refractivity contribution >= 4 is 6.03 Å². The van der Waals surface area contributed by atoms with Gasteiger partial charge in [-0.15, -0.1) is 0 Å². The quantitative estimate of drug-likeness (QED) is 0.919. The molecule has 0 aliphatic carbocycles. The molecule has 2 rings (SSSR count). The van der Waals surface area contributed by atoms with Gasteiger partial charge in [0.25, 0.3) is 0 Å². The average molecular weight is 307 g/mol. The van der Waals surface area contributed by atoms with Crippen molar-refractivity contribution in [3.63, 3.8) is 0 Å². The van der Waals surface area contributed by atoms with Gasteiger partial charge in [-0.05, 0) is 44.9 Å². The number of aromatic nitrogens is 1. The fourth-order valence-corrected chi connectivity index (χ4v) is 3.23. The molecule has 1 unspecified atom stereocenters. The molecule has 2 heterocycles. The van der Waals surface area contributed by atoms with Gasteiger partial charge in [-0.2, -0.15) is 0 Å². The van der Waals surface area contributed by atoms with Crippen LogP contribution in [0.25, 0.3) is 0 Å². The van der Waals surface area contributed by atoms with Gasteiger partial charge in [-0.25, -0.2) is 4.79 Å². The van der Waals surface area contributed by atoms with Crippen molar-refractivity contribution in [2.75, 3.05) is 13.1 Å². The molecular weight excluding hydrogens is 278 g/mol. The van der Waals surface area contributed by atoms with Gasteiger partial charge >= 0.3 is 6.03 Å². The summed E-state index contributed by atoms with van der Waals surface area (Å²) in [5, 5.41) is 7.16. The Morgan fingerprint density at radius 2 is 2.09 bits per heavy atom. The van der Waals surface area contributed by atoms with E-state index in [1.54, 1.807) is 0 Å². The number of nitrogens with zero attached hydrogens (tertiary/aromatic N) is 2. The maximum Gasteiger partial charge on any atom is 0.317 e. The summed E-state index contributed by atoms with van der Waals surface area (Å²) < 4.78 is 5.24. The fourth-order valence-electron chi connectivity index (χ4n) is 3.23. The van der Waals surface area contributed by atoms with Gasteiger partial charge in [0.15, 0.2) is 0 Å². The zero-order valence-corrected chi connectivity index (χ0v) is 14.5. The zero-order valence-electron chi connectivity index (χ0n) is 14.5. The molecule has 22 heavy (non-hydrogen) atoms. The molecule has 1 aliphatic heterocycles. The molecule has 1 aliphatic rings. The minimum Gasteiger partial charge on any atom is -0.361 e. The second-order valence-corrected chi connectivity index (χ2v) is 7.15. The fraction of sp³-hybridized carbons (Fsp3) is 0.765. The first-order chi connectivity index (χ1) is 10.3. The van der Waals surface area contributed by atoms with Crippen molar-refractivity contribution in [1.82, 2.24) is 15.4 Å². The molecule has 1 saturated heterocycles. The van der Waals surface area contributed by atoms with Crippen LogP contribution in [0.4, 0.5) is 4.79 Å². The molecule has 1 fully saturated rings. The smallest absolute Gasteiger partial charge is 0.317 e. The Hall–Kier alpha value is -1.52. The van der Waals surface area contributed by atoms with E-state index in [-0.39, 0.29) is 12.1 Å². The lowest BCUT2D eigenvalue weighted by Crippen LogP contribution is -2.42. The molecule has 5 heteroatoms. The van der Waals surface area contributed by atoms with Crippen molar-refractivity contribution < 1.29 is 9.32 Å². The minimum absolute atomic E-state index is 0.0320. The summed E-state index contributed by atoms with van der Waals surface area (Å²) in [6, 6.07) is -0.000404. The second kappa shape index (κ2) is 6.71. The summed E-state index contributed by atoms with van der Waals surface area (Å²) in [6.07, 6.45) is 4.14. The highest BCUT2D eigenvalue weighted by Crippen LogP contribution is 2.30. The Bertz CT molecular complexity index is 502. The third kappa shape index (κ3) is 3.81. The number of nitrogens with one attached hydrogen (secondary N) is 1. The highest BCUT2D eigenvalue weighted by molar-refractivity contribution is 5.74. The second-order valence-electron chi connectivity index (χ2n) is 7.15. The Morgan fingerprint density at radius 3 is 2.68 bits per heavy atom. The number of amides is 2. The lowest BCUT2D eigenvalue weighted by Gasteiger charge is -2.26. The Balaban J connectivity index is 2.04. The van der Waals surface area contributed by atoms with E-state index in [9.17, 15) is 4.79 Å². The van der Waals surface area contributed by atoms with Gasteiger partial charge in [0.1, 0.15) is 5.76 Å². The predicted octanol–water partition coefficient (Wildman–Crippen LogP) is 3.96. The van der Waals surface area contributed by atoms with Crippen LogP contribution in [0.5, 0.6) is 0 Å². The van der Waals surface area contributed by atoms with Crippen LogP contribution < -0.4 is 5.32 Å². The van der Waals surface area contributed by atoms with E-state index < -0.39 is 0 Å². The molecule has 0 saturated carbocycles. The number of carbonyl (C=O) groups is 1. The summed E-state index contributed by atoms with van der Waals surface area (Å²) in [5.41, 5.74) is 2.22. The van der Waals surface area contributed by atoms with E-state index in [1.807, 2.05) is 18.7 Å². The van der Waals surface area contributed by atoms with Crippen LogP contribution in [0.1, 0.15) is 69.5 Å². The number of hydrogen-bond donors (Lipinski definition) is 1. The highest BCUT2D eigenvalue weighted by atomic mass is 16.5. The number of urea groups is 1. The van der Waals surface area contributed by atoms with Crippen LogP contribution in [0, 0.1) is 19.3 Å². The Morgan fingerprint density at radius 1 is 1.36 bits per heavy atom. The number of rotatable bonds is 3. The first-order valence-corrected chi connectivity index (χ1v) is 8.32. The van der Waals surface area contributed by atoms with Crippen molar-refractivity contribution in [1.29, 1.82) is 0 Å². The maximum absolute atomic E-state index is 12.6. The lowest BCUT2D eigenvalue weighted by molar-refractivity contribution is 0.193. The molecular formula is C17H29N3O2. The molecule has 124 valence electrons. The van der Waals surface area contributed by atoms with E-state index in [0.29, 0.717) is 5.41 Å². The third-order valence-corrected chi connectivity index (χ3v) is 4.77. The highest BCUT2D eigenvalue weighted by Gasteiger charge is 2.27. The minimum atomic E-state index is -0.0324. The van der Waals surface area contributed by atoms with Crippen LogP contribution in [-0.4, -0.2) is 29.2 Å². The summed E-state index contributed by atoms with van der Waals surface area (Å²) in [4.78, 5) is 14.6. The predicted molar refractivity (Wildman–Crippen MR) is 86.7 cm³/mol. The summed E-state index contributed by atoms with van der Waals surface area (Å²) in [5.74, 6) is 0.793. The van der Waals surface area contributed by atoms with Gasteiger partial charge in [-0.1, -0.05) is 25.9 Å². The molecule has 0 radical (unpaired) electrons. The first-order valence-electron chi connectivity index (χ1n) is 8.32. The maximum atomic E-state index is 12.6. The largest absolute Gasteiger partial charge is 0.361 e. The van der Waals surface area contributed by atoms with Gasteiger partial charge < -0.3 is 14.7 Å². The summed E-state index contributed by atoms with van der Waals surface area (Å²) in [7, 11) is 0. The first kappa shape index (κ1) is 16.8. The normalized spacial score (nSPS) is 19.6. The van der Waals surface area contributed by atoms with Crippen molar-refractivity contribution in [3.05, 3.63) is 17.0 Å². The molecule has 1 atom stereocenters. The summed E-state index contributed by atoms with van der Waals surface area (Å²) in [6.45, 7) is 12.1. The molecule has 5 nitrogen and oxygen atoms in total. The van der Waals surface area contributed by atoms with Crippen molar-refractivity contribution in [2.24, 2.45) is 5.41 Å². The Kier molecular flexibility index (Phi) is 5.14. The monoisotopic (exact) mass is 307 g/mol. The van der Waals surface area contributed by atoms with Crippen LogP contribution >= 0.6 is 0 Å². The van der Waals surface area contributed by atoms with Crippen LogP contribution in [0.2, 0.25) is 0 Å². The van der Waals surface area contributed by atoms with Crippen LogP contribution in [0.3, 0.4) is 0 Å². The van der Waals surface area contributed by atoms with Crippen LogP contribution in [0.15, 0.2) is 4.52 Å². The van der Waals surface area contributed by atoms with E-state index in [0.717, 1.165) is 49.4 Å². The molecule has 1 aromatic rings. The molecule has 1 aromatic heterocycles. The molecule has 0 spiro atoms. The lowest BCUT2D eigenvalue weighted by atomic mass is 9.85. The number of likely N-dealkylation sites (tertiary alicyclic amines) is 1. The number of aryl methyl sites for hydroxylation is 2. The summed E-state index contributed by atoms with van der Waals surface area (Å²) >= 11 is 0. The molecule has 1 N–H and O–H groups in total.